The zero-order valence-electron chi connectivity index (χ0n) is 9.92. The molecule has 0 aliphatic heterocycles. The lowest BCUT2D eigenvalue weighted by molar-refractivity contribution is 0.316. The number of halogens is 1. The molecule has 15 heavy (non-hydrogen) atoms. The minimum atomic E-state index is -0.163. The third kappa shape index (κ3) is 3.03. The molecule has 0 aliphatic carbocycles. The Balaban J connectivity index is 2.92. The molecule has 1 N–H and O–H groups in total. The van der Waals surface area contributed by atoms with Gasteiger partial charge in [-0.3, -0.25) is 0 Å². The van der Waals surface area contributed by atoms with Crippen molar-refractivity contribution in [2.45, 2.75) is 26.8 Å². The van der Waals surface area contributed by atoms with Gasteiger partial charge in [-0.25, -0.2) is 4.39 Å². The lowest BCUT2D eigenvalue weighted by Crippen LogP contribution is -2.26. The highest BCUT2D eigenvalue weighted by molar-refractivity contribution is 5.20. The molecule has 1 rings (SSSR count). The van der Waals surface area contributed by atoms with Gasteiger partial charge in [0.05, 0.1) is 0 Å². The number of hydrogen-bond acceptors (Lipinski definition) is 1. The average Bonchev–Trinajstić information content (AvgIpc) is 2.18. The van der Waals surface area contributed by atoms with E-state index in [0.717, 1.165) is 5.56 Å². The number of hydrogen-bond donors (Lipinski definition) is 1. The minimum absolute atomic E-state index is 0.163. The molecule has 0 saturated heterocycles. The van der Waals surface area contributed by atoms with Crippen molar-refractivity contribution >= 4 is 0 Å². The molecule has 2 unspecified atom stereocenters. The maximum Gasteiger partial charge on any atom is 0.123 e. The van der Waals surface area contributed by atoms with Gasteiger partial charge < -0.3 is 5.32 Å². The summed E-state index contributed by atoms with van der Waals surface area (Å²) >= 11 is 0. The summed E-state index contributed by atoms with van der Waals surface area (Å²) in [4.78, 5) is 0. The van der Waals surface area contributed by atoms with Crippen molar-refractivity contribution in [2.24, 2.45) is 11.8 Å². The van der Waals surface area contributed by atoms with Crippen molar-refractivity contribution in [3.05, 3.63) is 35.6 Å². The molecule has 0 aromatic heterocycles. The van der Waals surface area contributed by atoms with E-state index in [1.54, 1.807) is 12.1 Å². The van der Waals surface area contributed by atoms with Gasteiger partial charge in [0.15, 0.2) is 0 Å². The molecule has 0 aliphatic rings. The Morgan fingerprint density at radius 1 is 1.20 bits per heavy atom. The quantitative estimate of drug-likeness (QED) is 0.801. The van der Waals surface area contributed by atoms with Crippen LogP contribution >= 0.6 is 0 Å². The van der Waals surface area contributed by atoms with Crippen LogP contribution in [0.3, 0.4) is 0 Å². The highest BCUT2D eigenvalue weighted by atomic mass is 19.1. The first-order chi connectivity index (χ1) is 7.06. The Kier molecular flexibility index (Phi) is 4.28. The summed E-state index contributed by atoms with van der Waals surface area (Å²) < 4.78 is 13.1. The summed E-state index contributed by atoms with van der Waals surface area (Å²) in [6.07, 6.45) is 0. The van der Waals surface area contributed by atoms with Crippen molar-refractivity contribution in [3.8, 4) is 0 Å². The van der Waals surface area contributed by atoms with E-state index in [1.807, 2.05) is 13.1 Å². The monoisotopic (exact) mass is 209 g/mol. The highest BCUT2D eigenvalue weighted by Gasteiger charge is 2.20. The van der Waals surface area contributed by atoms with Gasteiger partial charge in [-0.1, -0.05) is 32.9 Å². The van der Waals surface area contributed by atoms with E-state index in [0.29, 0.717) is 11.8 Å². The third-order valence-electron chi connectivity index (χ3n) is 3.10. The first-order valence-electron chi connectivity index (χ1n) is 5.49. The van der Waals surface area contributed by atoms with Crippen LogP contribution in [-0.2, 0) is 0 Å². The fourth-order valence-corrected chi connectivity index (χ4v) is 1.82. The van der Waals surface area contributed by atoms with Crippen LogP contribution in [0.1, 0.15) is 32.4 Å². The zero-order chi connectivity index (χ0) is 11.4. The molecule has 2 heteroatoms. The average molecular weight is 209 g/mol. The second-order valence-electron chi connectivity index (χ2n) is 4.42. The van der Waals surface area contributed by atoms with Gasteiger partial charge in [0, 0.05) is 6.04 Å². The van der Waals surface area contributed by atoms with E-state index in [4.69, 9.17) is 0 Å². The maximum atomic E-state index is 13.1. The summed E-state index contributed by atoms with van der Waals surface area (Å²) in [6.45, 7) is 6.57. The molecule has 2 atom stereocenters. The van der Waals surface area contributed by atoms with Crippen LogP contribution in [0.4, 0.5) is 4.39 Å². The van der Waals surface area contributed by atoms with E-state index >= 15 is 0 Å². The second-order valence-corrected chi connectivity index (χ2v) is 4.42. The van der Waals surface area contributed by atoms with Gasteiger partial charge in [-0.2, -0.15) is 0 Å². The lowest BCUT2D eigenvalue weighted by Gasteiger charge is -2.27. The molecule has 0 amide bonds. The molecule has 84 valence electrons. The van der Waals surface area contributed by atoms with Crippen LogP contribution in [0.5, 0.6) is 0 Å². The molecule has 1 aromatic carbocycles. The SMILES string of the molecule is CNC(c1cccc(F)c1)C(C)C(C)C. The maximum absolute atomic E-state index is 13.1. The van der Waals surface area contributed by atoms with Crippen LogP contribution in [0, 0.1) is 17.7 Å². The normalized spacial score (nSPS) is 15.3. The Morgan fingerprint density at radius 3 is 2.33 bits per heavy atom. The predicted molar refractivity (Wildman–Crippen MR) is 62.2 cm³/mol. The van der Waals surface area contributed by atoms with Crippen LogP contribution in [0.25, 0.3) is 0 Å². The fourth-order valence-electron chi connectivity index (χ4n) is 1.82. The topological polar surface area (TPSA) is 12.0 Å². The van der Waals surface area contributed by atoms with Gasteiger partial charge in [-0.05, 0) is 36.6 Å². The van der Waals surface area contributed by atoms with E-state index in [9.17, 15) is 4.39 Å². The van der Waals surface area contributed by atoms with Crippen LogP contribution in [0.2, 0.25) is 0 Å². The van der Waals surface area contributed by atoms with Crippen molar-refractivity contribution < 1.29 is 4.39 Å². The summed E-state index contributed by atoms with van der Waals surface area (Å²) in [5, 5.41) is 3.26. The summed E-state index contributed by atoms with van der Waals surface area (Å²) in [5.41, 5.74) is 1.03. The predicted octanol–water partition coefficient (Wildman–Crippen LogP) is 3.38. The van der Waals surface area contributed by atoms with E-state index in [2.05, 4.69) is 26.1 Å². The summed E-state index contributed by atoms with van der Waals surface area (Å²) in [6, 6.07) is 7.06. The Labute approximate surface area is 91.7 Å². The van der Waals surface area contributed by atoms with Crippen LogP contribution < -0.4 is 5.32 Å². The Hall–Kier alpha value is -0.890. The van der Waals surface area contributed by atoms with Crippen molar-refractivity contribution in [1.29, 1.82) is 0 Å². The van der Waals surface area contributed by atoms with Gasteiger partial charge >= 0.3 is 0 Å². The smallest absolute Gasteiger partial charge is 0.123 e. The molecule has 0 heterocycles. The van der Waals surface area contributed by atoms with Gasteiger partial charge in [0.1, 0.15) is 5.82 Å². The molecular formula is C13H20FN. The van der Waals surface area contributed by atoms with Crippen LogP contribution in [-0.4, -0.2) is 7.05 Å². The van der Waals surface area contributed by atoms with Crippen molar-refractivity contribution in [3.63, 3.8) is 0 Å². The van der Waals surface area contributed by atoms with E-state index < -0.39 is 0 Å². The highest BCUT2D eigenvalue weighted by Crippen LogP contribution is 2.27. The molecule has 1 nitrogen and oxygen atoms in total. The Morgan fingerprint density at radius 2 is 1.87 bits per heavy atom. The van der Waals surface area contributed by atoms with Gasteiger partial charge in [0.25, 0.3) is 0 Å². The van der Waals surface area contributed by atoms with Crippen molar-refractivity contribution in [1.82, 2.24) is 5.32 Å². The Bertz CT molecular complexity index is 309. The molecule has 0 saturated carbocycles. The molecule has 0 bridgehead atoms. The summed E-state index contributed by atoms with van der Waals surface area (Å²) in [7, 11) is 1.93. The molecule has 0 radical (unpaired) electrons. The number of nitrogens with one attached hydrogen (secondary N) is 1. The zero-order valence-corrected chi connectivity index (χ0v) is 9.92. The number of rotatable bonds is 4. The largest absolute Gasteiger partial charge is 0.313 e. The second kappa shape index (κ2) is 5.26. The molecule has 0 spiro atoms. The first-order valence-corrected chi connectivity index (χ1v) is 5.49. The molecule has 0 fully saturated rings. The summed E-state index contributed by atoms with van der Waals surface area (Å²) in [5.74, 6) is 0.895. The minimum Gasteiger partial charge on any atom is -0.313 e. The molecule has 1 aromatic rings. The van der Waals surface area contributed by atoms with Crippen LogP contribution in [0.15, 0.2) is 24.3 Å². The number of benzene rings is 1. The van der Waals surface area contributed by atoms with Gasteiger partial charge in [0.2, 0.25) is 0 Å². The third-order valence-corrected chi connectivity index (χ3v) is 3.10. The fraction of sp³-hybridized carbons (Fsp3) is 0.538. The first kappa shape index (κ1) is 12.2. The lowest BCUT2D eigenvalue weighted by atomic mass is 9.86. The molecular weight excluding hydrogens is 189 g/mol. The van der Waals surface area contributed by atoms with E-state index in [-0.39, 0.29) is 11.9 Å². The standard InChI is InChI=1S/C13H20FN/c1-9(2)10(3)13(15-4)11-6-5-7-12(14)8-11/h5-10,13,15H,1-4H3. The van der Waals surface area contributed by atoms with Crippen molar-refractivity contribution in [2.75, 3.05) is 7.05 Å². The van der Waals surface area contributed by atoms with E-state index in [1.165, 1.54) is 6.07 Å². The van der Waals surface area contributed by atoms with Gasteiger partial charge in [-0.15, -0.1) is 0 Å².